The normalized spacial score (nSPS) is 12.5. The Balaban J connectivity index is 2.47. The van der Waals surface area contributed by atoms with E-state index in [2.05, 4.69) is 4.72 Å². The Morgan fingerprint density at radius 3 is 1.97 bits per heavy atom. The first kappa shape index (κ1) is 24.6. The number of hydrogen-bond donors (Lipinski definition) is 1. The molecule has 0 aliphatic heterocycles. The van der Waals surface area contributed by atoms with Crippen LogP contribution in [0.1, 0.15) is 20.8 Å². The fourth-order valence-electron chi connectivity index (χ4n) is 2.81. The molecule has 0 bridgehead atoms. The second-order valence-electron chi connectivity index (χ2n) is 7.86. The van der Waals surface area contributed by atoms with Gasteiger partial charge in [-0.25, -0.2) is 25.9 Å². The molecule has 0 fully saturated rings. The van der Waals surface area contributed by atoms with Gasteiger partial charge in [0.15, 0.2) is 0 Å². The Kier molecular flexibility index (Phi) is 7.03. The van der Waals surface area contributed by atoms with E-state index in [-0.39, 0.29) is 21.2 Å². The molecular formula is C20H27N3O6S2. The van der Waals surface area contributed by atoms with Crippen LogP contribution in [0.4, 0.5) is 16.2 Å². The first-order chi connectivity index (χ1) is 14.2. The van der Waals surface area contributed by atoms with Gasteiger partial charge in [-0.2, -0.15) is 0 Å². The Morgan fingerprint density at radius 1 is 0.935 bits per heavy atom. The zero-order chi connectivity index (χ0) is 23.6. The van der Waals surface area contributed by atoms with Gasteiger partial charge in [-0.3, -0.25) is 9.62 Å². The van der Waals surface area contributed by atoms with E-state index in [4.69, 9.17) is 4.74 Å². The highest BCUT2D eigenvalue weighted by atomic mass is 32.2. The van der Waals surface area contributed by atoms with Gasteiger partial charge < -0.3 is 4.74 Å². The van der Waals surface area contributed by atoms with Crippen LogP contribution in [0.2, 0.25) is 0 Å². The fourth-order valence-corrected chi connectivity index (χ4v) is 4.96. The molecule has 11 heteroatoms. The van der Waals surface area contributed by atoms with Gasteiger partial charge in [0.1, 0.15) is 4.90 Å². The summed E-state index contributed by atoms with van der Waals surface area (Å²) < 4.78 is 59.0. The number of anilines is 2. The number of nitrogens with one attached hydrogen (secondary N) is 1. The van der Waals surface area contributed by atoms with E-state index in [1.807, 2.05) is 0 Å². The zero-order valence-corrected chi connectivity index (χ0v) is 19.9. The van der Waals surface area contributed by atoms with Gasteiger partial charge in [0.05, 0.1) is 17.7 Å². The molecule has 0 saturated carbocycles. The van der Waals surface area contributed by atoms with Crippen molar-refractivity contribution in [3.05, 3.63) is 48.5 Å². The number of methoxy groups -OCH3 is 1. The number of nitrogens with zero attached hydrogens (tertiary/aromatic N) is 2. The van der Waals surface area contributed by atoms with Crippen LogP contribution in [0, 0.1) is 0 Å². The molecule has 2 rings (SSSR count). The van der Waals surface area contributed by atoms with Crippen LogP contribution < -0.4 is 9.62 Å². The van der Waals surface area contributed by atoms with Crippen molar-refractivity contribution in [2.45, 2.75) is 36.1 Å². The third kappa shape index (κ3) is 5.35. The van der Waals surface area contributed by atoms with Crippen LogP contribution in [-0.2, 0) is 24.8 Å². The van der Waals surface area contributed by atoms with Crippen molar-refractivity contribution in [3.8, 4) is 0 Å². The lowest BCUT2D eigenvalue weighted by Crippen LogP contribution is -2.46. The molecule has 0 aliphatic rings. The van der Waals surface area contributed by atoms with E-state index in [1.165, 1.54) is 62.5 Å². The molecule has 1 amide bonds. The molecule has 0 atom stereocenters. The number of benzene rings is 2. The van der Waals surface area contributed by atoms with Crippen LogP contribution in [0.15, 0.2) is 58.3 Å². The molecule has 2 aromatic rings. The minimum Gasteiger partial charge on any atom is -0.452 e. The summed E-state index contributed by atoms with van der Waals surface area (Å²) in [7, 11) is -3.72. The minimum absolute atomic E-state index is 0.0328. The maximum atomic E-state index is 13.1. The number of ether oxygens (including phenoxy) is 1. The number of carbonyl (C=O) groups excluding carboxylic acids is 1. The molecule has 0 spiro atoms. The van der Waals surface area contributed by atoms with Gasteiger partial charge in [0, 0.05) is 25.3 Å². The lowest BCUT2D eigenvalue weighted by Gasteiger charge is -2.35. The van der Waals surface area contributed by atoms with Gasteiger partial charge in [0.2, 0.25) is 10.0 Å². The maximum Gasteiger partial charge on any atom is 0.414 e. The van der Waals surface area contributed by atoms with Crippen molar-refractivity contribution >= 4 is 37.5 Å². The quantitative estimate of drug-likeness (QED) is 0.696. The molecule has 9 nitrogen and oxygen atoms in total. The van der Waals surface area contributed by atoms with Crippen molar-refractivity contribution in [2.24, 2.45) is 0 Å². The highest BCUT2D eigenvalue weighted by Crippen LogP contribution is 2.32. The van der Waals surface area contributed by atoms with Crippen LogP contribution >= 0.6 is 0 Å². The van der Waals surface area contributed by atoms with Crippen LogP contribution in [0.25, 0.3) is 0 Å². The Labute approximate surface area is 183 Å². The number of para-hydroxylation sites is 1. The predicted octanol–water partition coefficient (Wildman–Crippen LogP) is 3.11. The summed E-state index contributed by atoms with van der Waals surface area (Å²) in [6, 6.07) is 11.4. The summed E-state index contributed by atoms with van der Waals surface area (Å²) in [5.41, 5.74) is -0.435. The summed E-state index contributed by atoms with van der Waals surface area (Å²) in [5, 5.41) is 0. The van der Waals surface area contributed by atoms with Crippen molar-refractivity contribution < 1.29 is 26.4 Å². The summed E-state index contributed by atoms with van der Waals surface area (Å²) in [6.45, 7) is 5.26. The van der Waals surface area contributed by atoms with Crippen LogP contribution in [-0.4, -0.2) is 54.0 Å². The first-order valence-electron chi connectivity index (χ1n) is 9.24. The topological polar surface area (TPSA) is 113 Å². The number of sulfonamides is 2. The molecule has 0 aliphatic carbocycles. The molecule has 0 saturated heterocycles. The monoisotopic (exact) mass is 469 g/mol. The summed E-state index contributed by atoms with van der Waals surface area (Å²) in [4.78, 5) is 13.6. The van der Waals surface area contributed by atoms with Crippen molar-refractivity contribution in [2.75, 3.05) is 30.8 Å². The summed E-state index contributed by atoms with van der Waals surface area (Å²) in [6.07, 6.45) is -0.701. The van der Waals surface area contributed by atoms with E-state index in [0.717, 1.165) is 4.31 Å². The summed E-state index contributed by atoms with van der Waals surface area (Å²) in [5.74, 6) is 0. The average Bonchev–Trinajstić information content (AvgIpc) is 2.67. The molecule has 0 unspecified atom stereocenters. The number of rotatable bonds is 6. The van der Waals surface area contributed by atoms with E-state index >= 15 is 0 Å². The zero-order valence-electron chi connectivity index (χ0n) is 18.3. The van der Waals surface area contributed by atoms with Crippen molar-refractivity contribution in [1.82, 2.24) is 4.31 Å². The molecule has 31 heavy (non-hydrogen) atoms. The number of carbonyl (C=O) groups is 1. The third-order valence-electron chi connectivity index (χ3n) is 4.31. The molecule has 0 aromatic heterocycles. The van der Waals surface area contributed by atoms with E-state index in [1.54, 1.807) is 32.9 Å². The van der Waals surface area contributed by atoms with Crippen molar-refractivity contribution in [1.29, 1.82) is 0 Å². The molecule has 170 valence electrons. The smallest absolute Gasteiger partial charge is 0.414 e. The van der Waals surface area contributed by atoms with Gasteiger partial charge in [-0.05, 0) is 57.2 Å². The van der Waals surface area contributed by atoms with Crippen molar-refractivity contribution in [3.63, 3.8) is 0 Å². The van der Waals surface area contributed by atoms with E-state index < -0.39 is 31.7 Å². The first-order valence-corrected chi connectivity index (χ1v) is 12.2. The SMILES string of the molecule is COC(=O)N(c1ccccc1S(=O)(=O)Nc1ccc(S(=O)(=O)N(C)C)cc1)C(C)(C)C. The van der Waals surface area contributed by atoms with Gasteiger partial charge >= 0.3 is 6.09 Å². The average molecular weight is 470 g/mol. The Morgan fingerprint density at radius 2 is 1.48 bits per heavy atom. The summed E-state index contributed by atoms with van der Waals surface area (Å²) >= 11 is 0. The van der Waals surface area contributed by atoms with E-state index in [0.29, 0.717) is 0 Å². The second kappa shape index (κ2) is 8.85. The molecule has 1 N–H and O–H groups in total. The molecular weight excluding hydrogens is 442 g/mol. The van der Waals surface area contributed by atoms with Gasteiger partial charge in [-0.15, -0.1) is 0 Å². The van der Waals surface area contributed by atoms with E-state index in [9.17, 15) is 21.6 Å². The number of hydrogen-bond acceptors (Lipinski definition) is 6. The third-order valence-corrected chi connectivity index (χ3v) is 7.57. The largest absolute Gasteiger partial charge is 0.452 e. The maximum absolute atomic E-state index is 13.1. The fraction of sp³-hybridized carbons (Fsp3) is 0.350. The highest BCUT2D eigenvalue weighted by molar-refractivity contribution is 7.93. The lowest BCUT2D eigenvalue weighted by molar-refractivity contribution is 0.172. The second-order valence-corrected chi connectivity index (χ2v) is 11.7. The van der Waals surface area contributed by atoms with Gasteiger partial charge in [-0.1, -0.05) is 12.1 Å². The predicted molar refractivity (Wildman–Crippen MR) is 119 cm³/mol. The highest BCUT2D eigenvalue weighted by Gasteiger charge is 2.33. The Hall–Kier alpha value is -2.63. The Bertz CT molecular complexity index is 1150. The molecule has 2 aromatic carbocycles. The van der Waals surface area contributed by atoms with Gasteiger partial charge in [0.25, 0.3) is 10.0 Å². The van der Waals surface area contributed by atoms with Crippen LogP contribution in [0.5, 0.6) is 0 Å². The van der Waals surface area contributed by atoms with Crippen LogP contribution in [0.3, 0.4) is 0 Å². The standard InChI is InChI=1S/C20H27N3O6S2/c1-20(2,3)23(19(24)29-6)17-9-7-8-10-18(17)30(25,26)21-15-11-13-16(14-12-15)31(27,28)22(4)5/h7-14,21H,1-6H3. The molecule has 0 heterocycles. The lowest BCUT2D eigenvalue weighted by atomic mass is 10.1. The minimum atomic E-state index is -4.11. The number of amides is 1. The molecule has 0 radical (unpaired) electrons.